The van der Waals surface area contributed by atoms with Crippen LogP contribution in [0.5, 0.6) is 0 Å². The summed E-state index contributed by atoms with van der Waals surface area (Å²) in [4.78, 5) is 0. The van der Waals surface area contributed by atoms with Crippen molar-refractivity contribution in [2.75, 3.05) is 13.1 Å². The third-order valence-corrected chi connectivity index (χ3v) is 4.00. The van der Waals surface area contributed by atoms with Gasteiger partial charge < -0.3 is 15.6 Å². The van der Waals surface area contributed by atoms with E-state index in [-0.39, 0.29) is 6.04 Å². The molecule has 0 bridgehead atoms. The molecule has 1 unspecified atom stereocenters. The van der Waals surface area contributed by atoms with Crippen molar-refractivity contribution in [3.8, 4) is 0 Å². The van der Waals surface area contributed by atoms with Crippen molar-refractivity contribution < 1.29 is 0 Å². The zero-order chi connectivity index (χ0) is 11.7. The standard InChI is InChI=1S/C12H21N5/c13-10-3-6-17-11(15-16-12(17)8-10)7-9-1-4-14-5-2-9/h9-10,14H,1-8,13H2. The number of nitrogens with two attached hydrogens (primary N) is 1. The lowest BCUT2D eigenvalue weighted by Crippen LogP contribution is -2.32. The van der Waals surface area contributed by atoms with Gasteiger partial charge in [0.1, 0.15) is 11.6 Å². The van der Waals surface area contributed by atoms with Crippen LogP contribution in [0.25, 0.3) is 0 Å². The van der Waals surface area contributed by atoms with E-state index in [0.717, 1.165) is 50.6 Å². The van der Waals surface area contributed by atoms with Gasteiger partial charge in [-0.3, -0.25) is 0 Å². The number of piperidine rings is 1. The van der Waals surface area contributed by atoms with E-state index < -0.39 is 0 Å². The normalized spacial score (nSPS) is 25.8. The van der Waals surface area contributed by atoms with Gasteiger partial charge in [0.05, 0.1) is 0 Å². The molecule has 1 atom stereocenters. The summed E-state index contributed by atoms with van der Waals surface area (Å²) in [7, 11) is 0. The summed E-state index contributed by atoms with van der Waals surface area (Å²) in [6.07, 6.45) is 5.57. The quantitative estimate of drug-likeness (QED) is 0.762. The molecule has 1 aromatic heterocycles. The van der Waals surface area contributed by atoms with Crippen molar-refractivity contribution in [3.05, 3.63) is 11.6 Å². The van der Waals surface area contributed by atoms with Crippen LogP contribution < -0.4 is 11.1 Å². The van der Waals surface area contributed by atoms with E-state index in [1.165, 1.54) is 18.7 Å². The van der Waals surface area contributed by atoms with E-state index >= 15 is 0 Å². The zero-order valence-electron chi connectivity index (χ0n) is 10.2. The molecule has 17 heavy (non-hydrogen) atoms. The Hall–Kier alpha value is -0.940. The Morgan fingerprint density at radius 2 is 2.06 bits per heavy atom. The van der Waals surface area contributed by atoms with Crippen molar-refractivity contribution >= 4 is 0 Å². The summed E-state index contributed by atoms with van der Waals surface area (Å²) in [6, 6.07) is 0.276. The Labute approximate surface area is 102 Å². The molecule has 0 amide bonds. The first-order valence-corrected chi connectivity index (χ1v) is 6.70. The van der Waals surface area contributed by atoms with E-state index in [2.05, 4.69) is 20.1 Å². The Bertz CT molecular complexity index is 380. The molecule has 1 saturated heterocycles. The van der Waals surface area contributed by atoms with Gasteiger partial charge in [0.15, 0.2) is 0 Å². The van der Waals surface area contributed by atoms with Gasteiger partial charge >= 0.3 is 0 Å². The molecule has 0 aromatic carbocycles. The van der Waals surface area contributed by atoms with Crippen molar-refractivity contribution in [3.63, 3.8) is 0 Å². The maximum absolute atomic E-state index is 5.95. The van der Waals surface area contributed by atoms with E-state index in [9.17, 15) is 0 Å². The summed E-state index contributed by atoms with van der Waals surface area (Å²) in [5.41, 5.74) is 5.95. The minimum absolute atomic E-state index is 0.276. The van der Waals surface area contributed by atoms with Gasteiger partial charge in [-0.05, 0) is 38.3 Å². The summed E-state index contributed by atoms with van der Waals surface area (Å²) in [5, 5.41) is 12.1. The number of rotatable bonds is 2. The molecule has 5 nitrogen and oxygen atoms in total. The largest absolute Gasteiger partial charge is 0.327 e. The molecular formula is C12H21N5. The summed E-state index contributed by atoms with van der Waals surface area (Å²) in [5.74, 6) is 3.05. The molecule has 3 heterocycles. The first-order valence-electron chi connectivity index (χ1n) is 6.70. The molecule has 0 aliphatic carbocycles. The van der Waals surface area contributed by atoms with E-state index in [1.807, 2.05) is 0 Å². The maximum atomic E-state index is 5.95. The van der Waals surface area contributed by atoms with Crippen LogP contribution in [0.2, 0.25) is 0 Å². The highest BCUT2D eigenvalue weighted by atomic mass is 15.3. The number of hydrogen-bond donors (Lipinski definition) is 2. The van der Waals surface area contributed by atoms with Crippen molar-refractivity contribution in [2.45, 2.75) is 44.7 Å². The molecule has 3 N–H and O–H groups in total. The molecule has 1 fully saturated rings. The third kappa shape index (κ3) is 2.35. The second-order valence-corrected chi connectivity index (χ2v) is 5.33. The zero-order valence-corrected chi connectivity index (χ0v) is 10.2. The molecule has 0 radical (unpaired) electrons. The van der Waals surface area contributed by atoms with Crippen molar-refractivity contribution in [2.24, 2.45) is 11.7 Å². The average molecular weight is 235 g/mol. The number of fused-ring (bicyclic) bond motifs is 1. The van der Waals surface area contributed by atoms with Gasteiger partial charge in [-0.1, -0.05) is 0 Å². The molecule has 2 aliphatic rings. The van der Waals surface area contributed by atoms with Gasteiger partial charge in [0, 0.05) is 25.4 Å². The lowest BCUT2D eigenvalue weighted by atomic mass is 9.94. The molecule has 5 heteroatoms. The van der Waals surface area contributed by atoms with Crippen LogP contribution in [0, 0.1) is 5.92 Å². The number of nitrogens with one attached hydrogen (secondary N) is 1. The van der Waals surface area contributed by atoms with Gasteiger partial charge in [0.2, 0.25) is 0 Å². The van der Waals surface area contributed by atoms with Gasteiger partial charge in [-0.25, -0.2) is 0 Å². The molecule has 0 spiro atoms. The fraction of sp³-hybridized carbons (Fsp3) is 0.833. The van der Waals surface area contributed by atoms with Crippen LogP contribution in [0.15, 0.2) is 0 Å². The first kappa shape index (κ1) is 11.2. The van der Waals surface area contributed by atoms with Crippen LogP contribution in [-0.4, -0.2) is 33.9 Å². The number of hydrogen-bond acceptors (Lipinski definition) is 4. The monoisotopic (exact) mass is 235 g/mol. The second kappa shape index (κ2) is 4.74. The lowest BCUT2D eigenvalue weighted by molar-refractivity contribution is 0.357. The predicted octanol–water partition coefficient (Wildman–Crippen LogP) is 0.0937. The van der Waals surface area contributed by atoms with Crippen LogP contribution in [-0.2, 0) is 19.4 Å². The highest BCUT2D eigenvalue weighted by molar-refractivity contribution is 5.02. The Kier molecular flexibility index (Phi) is 3.11. The summed E-state index contributed by atoms with van der Waals surface area (Å²) < 4.78 is 2.30. The summed E-state index contributed by atoms with van der Waals surface area (Å²) in [6.45, 7) is 3.30. The Morgan fingerprint density at radius 1 is 1.24 bits per heavy atom. The minimum Gasteiger partial charge on any atom is -0.327 e. The lowest BCUT2D eigenvalue weighted by Gasteiger charge is -2.24. The van der Waals surface area contributed by atoms with Crippen molar-refractivity contribution in [1.82, 2.24) is 20.1 Å². The van der Waals surface area contributed by atoms with E-state index in [0.29, 0.717) is 0 Å². The molecule has 2 aliphatic heterocycles. The highest BCUT2D eigenvalue weighted by Gasteiger charge is 2.22. The number of nitrogens with zero attached hydrogens (tertiary/aromatic N) is 3. The molecule has 94 valence electrons. The van der Waals surface area contributed by atoms with Gasteiger partial charge in [-0.2, -0.15) is 0 Å². The van der Waals surface area contributed by atoms with Crippen molar-refractivity contribution in [1.29, 1.82) is 0 Å². The molecule has 0 saturated carbocycles. The fourth-order valence-corrected chi connectivity index (χ4v) is 2.91. The molecular weight excluding hydrogens is 214 g/mol. The molecule has 1 aromatic rings. The Morgan fingerprint density at radius 3 is 2.88 bits per heavy atom. The molecule has 3 rings (SSSR count). The van der Waals surface area contributed by atoms with Crippen LogP contribution >= 0.6 is 0 Å². The number of aromatic nitrogens is 3. The third-order valence-electron chi connectivity index (χ3n) is 4.00. The van der Waals surface area contributed by atoms with Gasteiger partial charge in [0.25, 0.3) is 0 Å². The highest BCUT2D eigenvalue weighted by Crippen LogP contribution is 2.20. The second-order valence-electron chi connectivity index (χ2n) is 5.33. The first-order chi connectivity index (χ1) is 8.33. The van der Waals surface area contributed by atoms with Crippen LogP contribution in [0.1, 0.15) is 30.9 Å². The Balaban J connectivity index is 1.71. The SMILES string of the molecule is NC1CCn2c(nnc2CC2CCNCC2)C1. The predicted molar refractivity (Wildman–Crippen MR) is 65.6 cm³/mol. The fourth-order valence-electron chi connectivity index (χ4n) is 2.91. The summed E-state index contributed by atoms with van der Waals surface area (Å²) >= 11 is 0. The average Bonchev–Trinajstić information content (AvgIpc) is 2.73. The van der Waals surface area contributed by atoms with Gasteiger partial charge in [-0.15, -0.1) is 10.2 Å². The van der Waals surface area contributed by atoms with Crippen LogP contribution in [0.3, 0.4) is 0 Å². The van der Waals surface area contributed by atoms with E-state index in [1.54, 1.807) is 0 Å². The maximum Gasteiger partial charge on any atom is 0.134 e. The topological polar surface area (TPSA) is 68.8 Å². The van der Waals surface area contributed by atoms with E-state index in [4.69, 9.17) is 5.73 Å². The van der Waals surface area contributed by atoms with Crippen LogP contribution in [0.4, 0.5) is 0 Å². The minimum atomic E-state index is 0.276. The smallest absolute Gasteiger partial charge is 0.134 e.